The Morgan fingerprint density at radius 2 is 1.91 bits per heavy atom. The van der Waals surface area contributed by atoms with E-state index in [9.17, 15) is 9.59 Å². The predicted molar refractivity (Wildman–Crippen MR) is 90.7 cm³/mol. The van der Waals surface area contributed by atoms with Gasteiger partial charge in [-0.2, -0.15) is 5.10 Å². The highest BCUT2D eigenvalue weighted by Gasteiger charge is 2.14. The lowest BCUT2D eigenvalue weighted by Crippen LogP contribution is -2.26. The molecule has 0 radical (unpaired) electrons. The lowest BCUT2D eigenvalue weighted by atomic mass is 9.89. The smallest absolute Gasteiger partial charge is 0.240 e. The maximum absolute atomic E-state index is 11.7. The zero-order chi connectivity index (χ0) is 16.5. The summed E-state index contributed by atoms with van der Waals surface area (Å²) in [5, 5.41) is 7.00. The SMILES string of the molecule is C[C@H]1CCC/C(=N\NC(=O)CCC(=O)NCc2ccccc2)C1. The van der Waals surface area contributed by atoms with Crippen LogP contribution in [0.3, 0.4) is 0 Å². The topological polar surface area (TPSA) is 70.6 Å². The average Bonchev–Trinajstić information content (AvgIpc) is 2.57. The van der Waals surface area contributed by atoms with Crippen LogP contribution in [0.5, 0.6) is 0 Å². The Hall–Kier alpha value is -2.17. The molecule has 1 aromatic carbocycles. The van der Waals surface area contributed by atoms with Crippen molar-refractivity contribution in [3.63, 3.8) is 0 Å². The molecule has 2 rings (SSSR count). The summed E-state index contributed by atoms with van der Waals surface area (Å²) in [5.74, 6) is 0.316. The molecule has 0 bridgehead atoms. The molecule has 2 N–H and O–H groups in total. The molecule has 0 spiro atoms. The van der Waals surface area contributed by atoms with E-state index in [2.05, 4.69) is 22.8 Å². The van der Waals surface area contributed by atoms with Gasteiger partial charge in [-0.15, -0.1) is 0 Å². The predicted octanol–water partition coefficient (Wildman–Crippen LogP) is 2.77. The average molecular weight is 315 g/mol. The number of amides is 2. The fourth-order valence-corrected chi connectivity index (χ4v) is 2.67. The van der Waals surface area contributed by atoms with E-state index in [1.165, 1.54) is 6.42 Å². The first-order valence-electron chi connectivity index (χ1n) is 8.28. The van der Waals surface area contributed by atoms with Gasteiger partial charge in [-0.1, -0.05) is 37.3 Å². The van der Waals surface area contributed by atoms with Crippen LogP contribution in [0.15, 0.2) is 35.4 Å². The first-order valence-corrected chi connectivity index (χ1v) is 8.28. The summed E-state index contributed by atoms with van der Waals surface area (Å²) in [7, 11) is 0. The van der Waals surface area contributed by atoms with Gasteiger partial charge in [-0.25, -0.2) is 5.43 Å². The molecule has 5 heteroatoms. The van der Waals surface area contributed by atoms with E-state index in [0.29, 0.717) is 12.5 Å². The molecule has 1 aliphatic rings. The minimum Gasteiger partial charge on any atom is -0.352 e. The van der Waals surface area contributed by atoms with Crippen molar-refractivity contribution in [1.29, 1.82) is 0 Å². The van der Waals surface area contributed by atoms with Gasteiger partial charge in [0, 0.05) is 25.1 Å². The third-order valence-electron chi connectivity index (χ3n) is 4.00. The fourth-order valence-electron chi connectivity index (χ4n) is 2.67. The van der Waals surface area contributed by atoms with Crippen molar-refractivity contribution in [1.82, 2.24) is 10.7 Å². The molecule has 5 nitrogen and oxygen atoms in total. The first kappa shape index (κ1) is 17.2. The molecule has 1 aromatic rings. The van der Waals surface area contributed by atoms with Gasteiger partial charge in [-0.05, 0) is 37.2 Å². The van der Waals surface area contributed by atoms with Crippen molar-refractivity contribution >= 4 is 17.5 Å². The molecule has 1 atom stereocenters. The lowest BCUT2D eigenvalue weighted by Gasteiger charge is -2.18. The number of nitrogens with zero attached hydrogens (tertiary/aromatic N) is 1. The van der Waals surface area contributed by atoms with Gasteiger partial charge in [0.2, 0.25) is 11.8 Å². The summed E-state index contributed by atoms with van der Waals surface area (Å²) in [6.07, 6.45) is 4.62. The Morgan fingerprint density at radius 1 is 1.17 bits per heavy atom. The third-order valence-corrected chi connectivity index (χ3v) is 4.00. The number of nitrogens with one attached hydrogen (secondary N) is 2. The van der Waals surface area contributed by atoms with Gasteiger partial charge in [0.1, 0.15) is 0 Å². The number of hydrazone groups is 1. The van der Waals surface area contributed by atoms with Gasteiger partial charge in [0.15, 0.2) is 0 Å². The van der Waals surface area contributed by atoms with Crippen LogP contribution in [-0.2, 0) is 16.1 Å². The Morgan fingerprint density at radius 3 is 2.65 bits per heavy atom. The van der Waals surface area contributed by atoms with Crippen LogP contribution in [-0.4, -0.2) is 17.5 Å². The van der Waals surface area contributed by atoms with Gasteiger partial charge in [0.25, 0.3) is 0 Å². The van der Waals surface area contributed by atoms with Gasteiger partial charge < -0.3 is 5.32 Å². The van der Waals surface area contributed by atoms with E-state index in [1.807, 2.05) is 30.3 Å². The van der Waals surface area contributed by atoms with Crippen molar-refractivity contribution in [2.75, 3.05) is 0 Å². The molecule has 124 valence electrons. The summed E-state index contributed by atoms with van der Waals surface area (Å²) >= 11 is 0. The maximum atomic E-state index is 11.7. The summed E-state index contributed by atoms with van der Waals surface area (Å²) in [6.45, 7) is 2.69. The number of benzene rings is 1. The van der Waals surface area contributed by atoms with Crippen molar-refractivity contribution in [2.45, 2.75) is 52.0 Å². The second-order valence-electron chi connectivity index (χ2n) is 6.18. The zero-order valence-electron chi connectivity index (χ0n) is 13.7. The van der Waals surface area contributed by atoms with E-state index in [4.69, 9.17) is 0 Å². The molecule has 1 saturated carbocycles. The van der Waals surface area contributed by atoms with Crippen LogP contribution in [0.25, 0.3) is 0 Å². The highest BCUT2D eigenvalue weighted by Crippen LogP contribution is 2.20. The summed E-state index contributed by atoms with van der Waals surface area (Å²) in [5.41, 5.74) is 4.68. The van der Waals surface area contributed by atoms with Crippen LogP contribution in [0.1, 0.15) is 51.0 Å². The molecule has 2 amide bonds. The highest BCUT2D eigenvalue weighted by molar-refractivity contribution is 5.88. The molecule has 1 aliphatic carbocycles. The minimum absolute atomic E-state index is 0.122. The zero-order valence-corrected chi connectivity index (χ0v) is 13.7. The van der Waals surface area contributed by atoms with Crippen molar-refractivity contribution in [2.24, 2.45) is 11.0 Å². The number of carbonyl (C=O) groups is 2. The molecular weight excluding hydrogens is 290 g/mol. The second-order valence-corrected chi connectivity index (χ2v) is 6.18. The monoisotopic (exact) mass is 315 g/mol. The molecule has 1 fully saturated rings. The van der Waals surface area contributed by atoms with Crippen LogP contribution < -0.4 is 10.7 Å². The minimum atomic E-state index is -0.203. The van der Waals surface area contributed by atoms with Gasteiger partial charge in [-0.3, -0.25) is 9.59 Å². The molecule has 0 aromatic heterocycles. The van der Waals surface area contributed by atoms with E-state index in [1.54, 1.807) is 0 Å². The lowest BCUT2D eigenvalue weighted by molar-refractivity contribution is -0.126. The molecule has 0 heterocycles. The quantitative estimate of drug-likeness (QED) is 0.792. The molecule has 0 unspecified atom stereocenters. The van der Waals surface area contributed by atoms with Crippen LogP contribution in [0, 0.1) is 5.92 Å². The second kappa shape index (κ2) is 9.08. The van der Waals surface area contributed by atoms with Crippen molar-refractivity contribution < 1.29 is 9.59 Å². The third kappa shape index (κ3) is 6.63. The Kier molecular flexibility index (Phi) is 6.78. The summed E-state index contributed by atoms with van der Waals surface area (Å²) in [4.78, 5) is 23.5. The molecule has 0 aliphatic heterocycles. The molecular formula is C18H25N3O2. The van der Waals surface area contributed by atoms with E-state index < -0.39 is 0 Å². The van der Waals surface area contributed by atoms with E-state index in [0.717, 1.165) is 30.5 Å². The van der Waals surface area contributed by atoms with Crippen molar-refractivity contribution in [3.8, 4) is 0 Å². The largest absolute Gasteiger partial charge is 0.352 e. The number of carbonyl (C=O) groups excluding carboxylic acids is 2. The Bertz CT molecular complexity index is 555. The Balaban J connectivity index is 1.63. The fraction of sp³-hybridized carbons (Fsp3) is 0.500. The summed E-state index contributed by atoms with van der Waals surface area (Å²) < 4.78 is 0. The highest BCUT2D eigenvalue weighted by atomic mass is 16.2. The first-order chi connectivity index (χ1) is 11.1. The van der Waals surface area contributed by atoms with E-state index >= 15 is 0 Å². The van der Waals surface area contributed by atoms with Crippen LogP contribution in [0.2, 0.25) is 0 Å². The Labute approximate surface area is 137 Å². The number of hydrogen-bond acceptors (Lipinski definition) is 3. The van der Waals surface area contributed by atoms with Gasteiger partial charge >= 0.3 is 0 Å². The molecule has 23 heavy (non-hydrogen) atoms. The van der Waals surface area contributed by atoms with Crippen molar-refractivity contribution in [3.05, 3.63) is 35.9 Å². The number of rotatable bonds is 6. The van der Waals surface area contributed by atoms with E-state index in [-0.39, 0.29) is 24.7 Å². The molecule has 0 saturated heterocycles. The van der Waals surface area contributed by atoms with Gasteiger partial charge in [0.05, 0.1) is 0 Å². The van der Waals surface area contributed by atoms with Crippen LogP contribution in [0.4, 0.5) is 0 Å². The standard InChI is InChI=1S/C18H25N3O2/c1-14-6-5-9-16(12-14)20-21-18(23)11-10-17(22)19-13-15-7-3-2-4-8-15/h2-4,7-8,14H,5-6,9-13H2,1H3,(H,19,22)(H,21,23)/b20-16+/t14-/m0/s1. The summed E-state index contributed by atoms with van der Waals surface area (Å²) in [6, 6.07) is 9.70. The van der Waals surface area contributed by atoms with Crippen LogP contribution >= 0.6 is 0 Å². The normalized spacial score (nSPS) is 19.3. The maximum Gasteiger partial charge on any atom is 0.240 e. The number of hydrogen-bond donors (Lipinski definition) is 2.